The van der Waals surface area contributed by atoms with Crippen LogP contribution in [0.3, 0.4) is 0 Å². The van der Waals surface area contributed by atoms with Gasteiger partial charge in [0.2, 0.25) is 0 Å². The van der Waals surface area contributed by atoms with E-state index < -0.39 is 12.1 Å². The topological polar surface area (TPSA) is 0 Å². The zero-order valence-electron chi connectivity index (χ0n) is 7.65. The number of hydrogen-bond acceptors (Lipinski definition) is 0. The van der Waals surface area contributed by atoms with E-state index in [4.69, 9.17) is 0 Å². The van der Waals surface area contributed by atoms with Crippen molar-refractivity contribution < 1.29 is 13.2 Å². The van der Waals surface area contributed by atoms with E-state index in [1.54, 1.807) is 0 Å². The highest BCUT2D eigenvalue weighted by Gasteiger charge is 2.52. The lowest BCUT2D eigenvalue weighted by Crippen LogP contribution is -2.22. The Labute approximate surface area is 71.1 Å². The molecule has 12 heavy (non-hydrogen) atoms. The monoisotopic (exact) mass is 180 g/mol. The molecule has 0 aromatic rings. The van der Waals surface area contributed by atoms with Crippen molar-refractivity contribution in [1.29, 1.82) is 0 Å². The fourth-order valence-electron chi connectivity index (χ4n) is 1.82. The van der Waals surface area contributed by atoms with Crippen LogP contribution in [0.5, 0.6) is 0 Å². The molecule has 0 radical (unpaired) electrons. The van der Waals surface area contributed by atoms with E-state index >= 15 is 0 Å². The van der Waals surface area contributed by atoms with Crippen molar-refractivity contribution in [3.05, 3.63) is 0 Å². The second kappa shape index (κ2) is 2.93. The molecular weight excluding hydrogens is 165 g/mol. The highest BCUT2D eigenvalue weighted by Crippen LogP contribution is 2.53. The average Bonchev–Trinajstić information content (AvgIpc) is 2.61. The van der Waals surface area contributed by atoms with Gasteiger partial charge in [0.1, 0.15) is 0 Å². The van der Waals surface area contributed by atoms with Crippen molar-refractivity contribution in [3.8, 4) is 0 Å². The molecule has 1 aliphatic rings. The molecule has 1 aliphatic carbocycles. The summed E-state index contributed by atoms with van der Waals surface area (Å²) in [5.74, 6) is -0.503. The van der Waals surface area contributed by atoms with Gasteiger partial charge >= 0.3 is 6.18 Å². The fourth-order valence-corrected chi connectivity index (χ4v) is 1.82. The molecule has 1 saturated carbocycles. The first-order valence-electron chi connectivity index (χ1n) is 4.40. The van der Waals surface area contributed by atoms with Crippen molar-refractivity contribution in [3.63, 3.8) is 0 Å². The van der Waals surface area contributed by atoms with E-state index in [9.17, 15) is 13.2 Å². The fraction of sp³-hybridized carbons (Fsp3) is 1.00. The highest BCUT2D eigenvalue weighted by atomic mass is 19.4. The molecular formula is C9H15F3. The van der Waals surface area contributed by atoms with Gasteiger partial charge in [0.05, 0.1) is 5.92 Å². The van der Waals surface area contributed by atoms with Gasteiger partial charge in [0.25, 0.3) is 0 Å². The van der Waals surface area contributed by atoms with Crippen molar-refractivity contribution in [1.82, 2.24) is 0 Å². The average molecular weight is 180 g/mol. The van der Waals surface area contributed by atoms with Gasteiger partial charge in [0, 0.05) is 0 Å². The largest absolute Gasteiger partial charge is 0.391 e. The van der Waals surface area contributed by atoms with Crippen LogP contribution in [0.1, 0.15) is 27.2 Å². The molecule has 0 aliphatic heterocycles. The molecule has 3 unspecified atom stereocenters. The minimum atomic E-state index is -3.99. The van der Waals surface area contributed by atoms with Crippen molar-refractivity contribution >= 4 is 0 Å². The second-order valence-electron chi connectivity index (χ2n) is 4.14. The van der Waals surface area contributed by atoms with Crippen LogP contribution < -0.4 is 0 Å². The van der Waals surface area contributed by atoms with Gasteiger partial charge in [-0.15, -0.1) is 0 Å². The number of alkyl halides is 3. The predicted octanol–water partition coefficient (Wildman–Crippen LogP) is 3.48. The summed E-state index contributed by atoms with van der Waals surface area (Å²) in [5, 5.41) is 0. The Hall–Kier alpha value is -0.210. The minimum absolute atomic E-state index is 0.106. The van der Waals surface area contributed by atoms with Crippen LogP contribution >= 0.6 is 0 Å². The van der Waals surface area contributed by atoms with Gasteiger partial charge in [-0.25, -0.2) is 0 Å². The molecule has 0 saturated heterocycles. The van der Waals surface area contributed by atoms with Crippen LogP contribution in [0.15, 0.2) is 0 Å². The second-order valence-corrected chi connectivity index (χ2v) is 4.14. The Morgan fingerprint density at radius 3 is 1.83 bits per heavy atom. The Kier molecular flexibility index (Phi) is 2.41. The van der Waals surface area contributed by atoms with Gasteiger partial charge in [-0.3, -0.25) is 0 Å². The van der Waals surface area contributed by atoms with Crippen molar-refractivity contribution in [2.75, 3.05) is 0 Å². The molecule has 1 rings (SSSR count). The summed E-state index contributed by atoms with van der Waals surface area (Å²) in [4.78, 5) is 0. The van der Waals surface area contributed by atoms with Crippen LogP contribution in [0.2, 0.25) is 0 Å². The molecule has 3 atom stereocenters. The van der Waals surface area contributed by atoms with E-state index in [2.05, 4.69) is 0 Å². The summed E-state index contributed by atoms with van der Waals surface area (Å²) in [6, 6.07) is 0. The van der Waals surface area contributed by atoms with Crippen LogP contribution in [-0.2, 0) is 0 Å². The zero-order chi connectivity index (χ0) is 9.52. The minimum Gasteiger partial charge on any atom is -0.171 e. The third kappa shape index (κ3) is 1.93. The molecule has 72 valence electrons. The van der Waals surface area contributed by atoms with Gasteiger partial charge in [0.15, 0.2) is 0 Å². The maximum atomic E-state index is 12.2. The van der Waals surface area contributed by atoms with Crippen LogP contribution in [0.4, 0.5) is 13.2 Å². The van der Waals surface area contributed by atoms with Crippen LogP contribution in [0.25, 0.3) is 0 Å². The molecule has 0 spiro atoms. The maximum absolute atomic E-state index is 12.2. The first kappa shape index (κ1) is 9.87. The number of hydrogen-bond donors (Lipinski definition) is 0. The SMILES string of the molecule is CC(C)C1CC1C(C)C(F)(F)F. The lowest BCUT2D eigenvalue weighted by Gasteiger charge is -2.15. The number of rotatable bonds is 2. The molecule has 0 heterocycles. The van der Waals surface area contributed by atoms with E-state index in [0.717, 1.165) is 6.42 Å². The first-order valence-corrected chi connectivity index (χ1v) is 4.40. The van der Waals surface area contributed by atoms with E-state index in [-0.39, 0.29) is 5.92 Å². The summed E-state index contributed by atoms with van der Waals surface area (Å²) in [6.45, 7) is 5.29. The Bertz CT molecular complexity index is 160. The highest BCUT2D eigenvalue weighted by molar-refractivity contribution is 4.93. The van der Waals surface area contributed by atoms with E-state index in [1.165, 1.54) is 6.92 Å². The van der Waals surface area contributed by atoms with Crippen molar-refractivity contribution in [2.24, 2.45) is 23.7 Å². The summed E-state index contributed by atoms with van der Waals surface area (Å²) < 4.78 is 36.5. The Morgan fingerprint density at radius 2 is 1.58 bits per heavy atom. The third-order valence-electron chi connectivity index (χ3n) is 2.91. The summed E-state index contributed by atoms with van der Waals surface area (Å²) in [6.07, 6.45) is -3.23. The molecule has 0 N–H and O–H groups in total. The van der Waals surface area contributed by atoms with Crippen LogP contribution in [-0.4, -0.2) is 6.18 Å². The zero-order valence-corrected chi connectivity index (χ0v) is 7.65. The van der Waals surface area contributed by atoms with Gasteiger partial charge in [-0.2, -0.15) is 13.2 Å². The molecule has 0 aromatic heterocycles. The van der Waals surface area contributed by atoms with Gasteiger partial charge in [-0.05, 0) is 24.2 Å². The summed E-state index contributed by atoms with van der Waals surface area (Å²) in [7, 11) is 0. The Morgan fingerprint density at radius 1 is 1.08 bits per heavy atom. The van der Waals surface area contributed by atoms with Gasteiger partial charge < -0.3 is 0 Å². The molecule has 0 amide bonds. The first-order chi connectivity index (χ1) is 5.34. The molecule has 0 bridgehead atoms. The predicted molar refractivity (Wildman–Crippen MR) is 41.7 cm³/mol. The normalized spacial score (nSPS) is 32.2. The summed E-state index contributed by atoms with van der Waals surface area (Å²) >= 11 is 0. The van der Waals surface area contributed by atoms with Crippen LogP contribution in [0, 0.1) is 23.7 Å². The van der Waals surface area contributed by atoms with E-state index in [1.807, 2.05) is 13.8 Å². The number of halogens is 3. The Balaban J connectivity index is 2.43. The maximum Gasteiger partial charge on any atom is 0.391 e. The van der Waals surface area contributed by atoms with Gasteiger partial charge in [-0.1, -0.05) is 20.8 Å². The summed E-state index contributed by atoms with van der Waals surface area (Å²) in [5.41, 5.74) is 0. The lowest BCUT2D eigenvalue weighted by atomic mass is 9.99. The lowest BCUT2D eigenvalue weighted by molar-refractivity contribution is -0.176. The third-order valence-corrected chi connectivity index (χ3v) is 2.91. The molecule has 3 heteroatoms. The molecule has 1 fully saturated rings. The van der Waals surface area contributed by atoms with Crippen molar-refractivity contribution in [2.45, 2.75) is 33.4 Å². The molecule has 0 aromatic carbocycles. The molecule has 0 nitrogen and oxygen atoms in total. The van der Waals surface area contributed by atoms with E-state index in [0.29, 0.717) is 11.8 Å². The standard InChI is InChI=1S/C9H15F3/c1-5(2)7-4-8(7)6(3)9(10,11)12/h5-8H,4H2,1-3H3. The smallest absolute Gasteiger partial charge is 0.171 e. The quantitative estimate of drug-likeness (QED) is 0.610.